The summed E-state index contributed by atoms with van der Waals surface area (Å²) < 4.78 is 61.0. The topological polar surface area (TPSA) is 69.6 Å². The highest BCUT2D eigenvalue weighted by molar-refractivity contribution is 5.91. The highest BCUT2D eigenvalue weighted by atomic mass is 19.4. The highest BCUT2D eigenvalue weighted by Gasteiger charge is 2.31. The van der Waals surface area contributed by atoms with Gasteiger partial charge in [-0.25, -0.2) is 9.18 Å². The van der Waals surface area contributed by atoms with E-state index in [9.17, 15) is 27.2 Å². The predicted octanol–water partition coefficient (Wildman–Crippen LogP) is 6.39. The van der Waals surface area contributed by atoms with Gasteiger partial charge in [-0.1, -0.05) is 43.5 Å². The molecule has 186 valence electrons. The molecular formula is C26H20F4N2O4. The number of benzene rings is 2. The summed E-state index contributed by atoms with van der Waals surface area (Å²) >= 11 is 0. The van der Waals surface area contributed by atoms with Crippen molar-refractivity contribution in [2.24, 2.45) is 0 Å². The molecule has 36 heavy (non-hydrogen) atoms. The van der Waals surface area contributed by atoms with Gasteiger partial charge < -0.3 is 9.47 Å². The summed E-state index contributed by atoms with van der Waals surface area (Å²) in [5.41, 5.74) is 1.09. The van der Waals surface area contributed by atoms with Crippen molar-refractivity contribution in [1.82, 2.24) is 4.57 Å². The Labute approximate surface area is 203 Å². The molecule has 0 saturated carbocycles. The van der Waals surface area contributed by atoms with Crippen LogP contribution in [0, 0.1) is 5.82 Å². The number of amides is 1. The zero-order valence-corrected chi connectivity index (χ0v) is 18.7. The van der Waals surface area contributed by atoms with Crippen LogP contribution in [-0.4, -0.2) is 23.6 Å². The maximum Gasteiger partial charge on any atom is 0.573 e. The number of aromatic nitrogens is 1. The van der Waals surface area contributed by atoms with E-state index in [4.69, 9.17) is 4.74 Å². The number of nitrogens with zero attached hydrogens (tertiary/aromatic N) is 1. The van der Waals surface area contributed by atoms with E-state index in [2.05, 4.69) is 23.2 Å². The lowest BCUT2D eigenvalue weighted by atomic mass is 10.1. The molecule has 0 radical (unpaired) electrons. The molecule has 2 aromatic carbocycles. The molecule has 0 aliphatic rings. The molecule has 6 nitrogen and oxygen atoms in total. The molecule has 3 rings (SSSR count). The van der Waals surface area contributed by atoms with E-state index in [1.54, 1.807) is 6.08 Å². The maximum atomic E-state index is 13.5. The first-order valence-corrected chi connectivity index (χ1v) is 10.4. The average Bonchev–Trinajstić information content (AvgIpc) is 2.82. The molecule has 1 amide bonds. The Morgan fingerprint density at radius 1 is 1.06 bits per heavy atom. The molecule has 1 heterocycles. The lowest BCUT2D eigenvalue weighted by Gasteiger charge is -2.15. The fourth-order valence-corrected chi connectivity index (χ4v) is 3.13. The summed E-state index contributed by atoms with van der Waals surface area (Å²) in [6, 6.07) is 11.1. The first kappa shape index (κ1) is 26.0. The first-order chi connectivity index (χ1) is 17.1. The van der Waals surface area contributed by atoms with Gasteiger partial charge in [-0.3, -0.25) is 14.7 Å². The number of hydrogen-bond donors (Lipinski definition) is 1. The Balaban J connectivity index is 1.97. The maximum absolute atomic E-state index is 13.5. The molecule has 0 unspecified atom stereocenters. The molecule has 0 aliphatic heterocycles. The van der Waals surface area contributed by atoms with E-state index < -0.39 is 29.6 Å². The van der Waals surface area contributed by atoms with Gasteiger partial charge in [0.1, 0.15) is 18.2 Å². The summed E-state index contributed by atoms with van der Waals surface area (Å²) in [6.07, 6.45) is 0.260. The van der Waals surface area contributed by atoms with Crippen molar-refractivity contribution in [3.63, 3.8) is 0 Å². The van der Waals surface area contributed by atoms with Crippen LogP contribution in [0.1, 0.15) is 0 Å². The normalized spacial score (nSPS) is 11.5. The van der Waals surface area contributed by atoms with Crippen LogP contribution in [0.2, 0.25) is 0 Å². The zero-order chi connectivity index (χ0) is 26.3. The molecule has 1 aromatic heterocycles. The van der Waals surface area contributed by atoms with Crippen LogP contribution >= 0.6 is 0 Å². The van der Waals surface area contributed by atoms with Crippen molar-refractivity contribution >= 4 is 11.8 Å². The van der Waals surface area contributed by atoms with Crippen LogP contribution < -0.4 is 15.6 Å². The molecule has 0 fully saturated rings. The summed E-state index contributed by atoms with van der Waals surface area (Å²) in [5, 5.41) is 2.50. The Bertz CT molecular complexity index is 1340. The SMILES string of the molecule is C=C/C=C(\C=C)COC(=O)Nc1cc(=O)n(-c2ccc(OC(F)(F)F)cc2)cc1-c1ccc(F)cc1. The van der Waals surface area contributed by atoms with Crippen LogP contribution in [0.3, 0.4) is 0 Å². The Morgan fingerprint density at radius 2 is 1.72 bits per heavy atom. The Hall–Kier alpha value is -4.60. The molecular weight excluding hydrogens is 480 g/mol. The second kappa shape index (κ2) is 11.2. The van der Waals surface area contributed by atoms with E-state index in [0.29, 0.717) is 16.7 Å². The number of alkyl halides is 3. The summed E-state index contributed by atoms with van der Waals surface area (Å²) in [7, 11) is 0. The minimum atomic E-state index is -4.86. The second-order valence-electron chi connectivity index (χ2n) is 7.24. The summed E-state index contributed by atoms with van der Waals surface area (Å²) in [5.74, 6) is -0.948. The number of nitrogens with one attached hydrogen (secondary N) is 1. The number of hydrogen-bond acceptors (Lipinski definition) is 4. The third kappa shape index (κ3) is 6.95. The van der Waals surface area contributed by atoms with Gasteiger partial charge in [-0.15, -0.1) is 13.2 Å². The minimum Gasteiger partial charge on any atom is -0.444 e. The number of carbonyl (C=O) groups is 1. The average molecular weight is 500 g/mol. The van der Waals surface area contributed by atoms with E-state index in [0.717, 1.165) is 22.8 Å². The van der Waals surface area contributed by atoms with Gasteiger partial charge in [0.15, 0.2) is 0 Å². The largest absolute Gasteiger partial charge is 0.573 e. The zero-order valence-electron chi connectivity index (χ0n) is 18.7. The number of carbonyl (C=O) groups excluding carboxylic acids is 1. The van der Waals surface area contributed by atoms with Crippen LogP contribution in [0.15, 0.2) is 103 Å². The number of halogens is 4. The standard InChI is InChI=1S/C26H20F4N2O4/c1-3-5-17(4-2)16-35-25(34)31-23-14-24(33)32(15-22(23)18-6-8-19(27)9-7-18)20-10-12-21(13-11-20)36-26(28,29)30/h3-15H,1-2,16H2,(H,31,34)/b17-5+. The van der Waals surface area contributed by atoms with Gasteiger partial charge in [-0.05, 0) is 47.5 Å². The van der Waals surface area contributed by atoms with Crippen molar-refractivity contribution in [2.75, 3.05) is 11.9 Å². The third-order valence-corrected chi connectivity index (χ3v) is 4.76. The van der Waals surface area contributed by atoms with Crippen LogP contribution in [0.5, 0.6) is 5.75 Å². The van der Waals surface area contributed by atoms with Gasteiger partial charge in [0.25, 0.3) is 5.56 Å². The van der Waals surface area contributed by atoms with Gasteiger partial charge in [-0.2, -0.15) is 0 Å². The van der Waals surface area contributed by atoms with Crippen molar-refractivity contribution in [3.05, 3.63) is 114 Å². The van der Waals surface area contributed by atoms with E-state index in [1.165, 1.54) is 54.7 Å². The summed E-state index contributed by atoms with van der Waals surface area (Å²) in [6.45, 7) is 7.07. The molecule has 0 saturated heterocycles. The number of rotatable bonds is 8. The monoisotopic (exact) mass is 500 g/mol. The highest BCUT2D eigenvalue weighted by Crippen LogP contribution is 2.29. The van der Waals surface area contributed by atoms with Gasteiger partial charge in [0.2, 0.25) is 0 Å². The number of anilines is 1. The minimum absolute atomic E-state index is 0.0812. The fraction of sp³-hybridized carbons (Fsp3) is 0.0769. The van der Waals surface area contributed by atoms with Gasteiger partial charge in [0.05, 0.1) is 5.69 Å². The van der Waals surface area contributed by atoms with Gasteiger partial charge in [0, 0.05) is 23.5 Å². The summed E-state index contributed by atoms with van der Waals surface area (Å²) in [4.78, 5) is 25.2. The van der Waals surface area contributed by atoms with Crippen molar-refractivity contribution in [1.29, 1.82) is 0 Å². The lowest BCUT2D eigenvalue weighted by molar-refractivity contribution is -0.274. The number of pyridine rings is 1. The molecule has 10 heteroatoms. The molecule has 0 atom stereocenters. The predicted molar refractivity (Wildman–Crippen MR) is 128 cm³/mol. The van der Waals surface area contributed by atoms with E-state index in [1.807, 2.05) is 0 Å². The first-order valence-electron chi connectivity index (χ1n) is 10.4. The second-order valence-corrected chi connectivity index (χ2v) is 7.24. The quantitative estimate of drug-likeness (QED) is 0.288. The van der Waals surface area contributed by atoms with Crippen molar-refractivity contribution in [2.45, 2.75) is 6.36 Å². The molecule has 3 aromatic rings. The van der Waals surface area contributed by atoms with Crippen LogP contribution in [0.4, 0.5) is 28.0 Å². The van der Waals surface area contributed by atoms with Crippen molar-refractivity contribution in [3.8, 4) is 22.6 Å². The Kier molecular flexibility index (Phi) is 8.11. The fourth-order valence-electron chi connectivity index (χ4n) is 3.13. The molecule has 0 spiro atoms. The smallest absolute Gasteiger partial charge is 0.444 e. The molecule has 0 aliphatic carbocycles. The third-order valence-electron chi connectivity index (χ3n) is 4.76. The number of ether oxygens (including phenoxy) is 2. The number of allylic oxidation sites excluding steroid dienone is 2. The lowest BCUT2D eigenvalue weighted by Crippen LogP contribution is -2.22. The van der Waals surface area contributed by atoms with E-state index >= 15 is 0 Å². The Morgan fingerprint density at radius 3 is 2.31 bits per heavy atom. The molecule has 1 N–H and O–H groups in total. The van der Waals surface area contributed by atoms with Gasteiger partial charge >= 0.3 is 12.5 Å². The van der Waals surface area contributed by atoms with E-state index in [-0.39, 0.29) is 18.0 Å². The molecule has 0 bridgehead atoms. The van der Waals surface area contributed by atoms with Crippen LogP contribution in [-0.2, 0) is 4.74 Å². The van der Waals surface area contributed by atoms with Crippen molar-refractivity contribution < 1.29 is 31.8 Å². The van der Waals surface area contributed by atoms with Crippen LogP contribution in [0.25, 0.3) is 16.8 Å².